The molecule has 0 spiro atoms. The van der Waals surface area contributed by atoms with Gasteiger partial charge >= 0.3 is 0 Å². The standard InChI is InChI=1S/C50H101NO4/c1-3-5-7-9-11-13-15-16-17-18-19-20-21-22-23-24-25-26-27-28-29-30-31-32-33-34-35-37-39-41-43-45-49(54)51-47(46-52)50(55)48(53)44-42-40-38-36-14-12-10-8-6-4-2/h47-48,50,52-53,55H,3-46H2,1-2H3,(H,51,54)/t47-,48+,50-/m0/s1. The van der Waals surface area contributed by atoms with E-state index >= 15 is 0 Å². The van der Waals surface area contributed by atoms with Crippen molar-refractivity contribution >= 4 is 5.91 Å². The van der Waals surface area contributed by atoms with Crippen LogP contribution < -0.4 is 5.32 Å². The zero-order chi connectivity index (χ0) is 40.1. The van der Waals surface area contributed by atoms with Crippen LogP contribution in [0.25, 0.3) is 0 Å². The third kappa shape index (κ3) is 41.3. The lowest BCUT2D eigenvalue weighted by Gasteiger charge is -2.26. The molecule has 0 fully saturated rings. The van der Waals surface area contributed by atoms with Crippen molar-refractivity contribution in [3.63, 3.8) is 0 Å². The minimum atomic E-state index is -1.13. The maximum absolute atomic E-state index is 12.4. The van der Waals surface area contributed by atoms with Crippen LogP contribution in [0.4, 0.5) is 0 Å². The predicted molar refractivity (Wildman–Crippen MR) is 241 cm³/mol. The first kappa shape index (κ1) is 54.3. The fourth-order valence-electron chi connectivity index (χ4n) is 8.28. The summed E-state index contributed by atoms with van der Waals surface area (Å²) >= 11 is 0. The summed E-state index contributed by atoms with van der Waals surface area (Å²) in [4.78, 5) is 12.4. The van der Waals surface area contributed by atoms with Crippen LogP contribution in [0.1, 0.15) is 290 Å². The number of nitrogens with one attached hydrogen (secondary N) is 1. The van der Waals surface area contributed by atoms with Crippen molar-refractivity contribution in [2.45, 2.75) is 308 Å². The van der Waals surface area contributed by atoms with E-state index in [0.29, 0.717) is 12.8 Å². The number of aliphatic hydroxyl groups excluding tert-OH is 3. The van der Waals surface area contributed by atoms with E-state index < -0.39 is 18.2 Å². The third-order valence-corrected chi connectivity index (χ3v) is 12.2. The van der Waals surface area contributed by atoms with Crippen molar-refractivity contribution in [3.8, 4) is 0 Å². The molecule has 0 aromatic heterocycles. The molecule has 3 atom stereocenters. The van der Waals surface area contributed by atoms with Gasteiger partial charge in [-0.15, -0.1) is 0 Å². The molecule has 4 N–H and O–H groups in total. The quantitative estimate of drug-likeness (QED) is 0.0463. The van der Waals surface area contributed by atoms with E-state index in [4.69, 9.17) is 0 Å². The fourth-order valence-corrected chi connectivity index (χ4v) is 8.28. The van der Waals surface area contributed by atoms with Gasteiger partial charge in [0.2, 0.25) is 5.91 Å². The highest BCUT2D eigenvalue weighted by Gasteiger charge is 2.26. The number of hydrogen-bond donors (Lipinski definition) is 4. The Morgan fingerprint density at radius 2 is 0.618 bits per heavy atom. The molecule has 0 unspecified atom stereocenters. The van der Waals surface area contributed by atoms with E-state index in [9.17, 15) is 20.1 Å². The summed E-state index contributed by atoms with van der Waals surface area (Å²) in [6.07, 6.45) is 54.0. The van der Waals surface area contributed by atoms with Crippen molar-refractivity contribution in [1.82, 2.24) is 5.32 Å². The smallest absolute Gasteiger partial charge is 0.220 e. The van der Waals surface area contributed by atoms with E-state index in [1.54, 1.807) is 0 Å². The highest BCUT2D eigenvalue weighted by Crippen LogP contribution is 2.18. The minimum Gasteiger partial charge on any atom is -0.394 e. The molecule has 0 radical (unpaired) electrons. The molecule has 0 aromatic carbocycles. The normalized spacial score (nSPS) is 13.3. The average molecular weight is 780 g/mol. The minimum absolute atomic E-state index is 0.139. The Bertz CT molecular complexity index is 733. The molecular weight excluding hydrogens is 679 g/mol. The summed E-state index contributed by atoms with van der Waals surface area (Å²) in [5, 5.41) is 33.5. The van der Waals surface area contributed by atoms with Gasteiger partial charge in [0, 0.05) is 6.42 Å². The zero-order valence-corrected chi connectivity index (χ0v) is 37.6. The van der Waals surface area contributed by atoms with Crippen LogP contribution in [0.3, 0.4) is 0 Å². The molecule has 0 aromatic rings. The Labute approximate surface area is 345 Å². The summed E-state index contributed by atoms with van der Waals surface area (Å²) in [6, 6.07) is -0.802. The van der Waals surface area contributed by atoms with Crippen molar-refractivity contribution < 1.29 is 20.1 Å². The third-order valence-electron chi connectivity index (χ3n) is 12.2. The molecule has 55 heavy (non-hydrogen) atoms. The first-order valence-corrected chi connectivity index (χ1v) is 25.3. The van der Waals surface area contributed by atoms with E-state index in [2.05, 4.69) is 19.2 Å². The predicted octanol–water partition coefficient (Wildman–Crippen LogP) is 15.0. The summed E-state index contributed by atoms with van der Waals surface area (Å²) in [6.45, 7) is 4.19. The molecule has 330 valence electrons. The highest BCUT2D eigenvalue weighted by atomic mass is 16.3. The van der Waals surface area contributed by atoms with E-state index in [-0.39, 0.29) is 12.5 Å². The van der Waals surface area contributed by atoms with Gasteiger partial charge in [-0.2, -0.15) is 0 Å². The van der Waals surface area contributed by atoms with Gasteiger partial charge < -0.3 is 20.6 Å². The molecule has 0 rings (SSSR count). The largest absolute Gasteiger partial charge is 0.394 e. The summed E-state index contributed by atoms with van der Waals surface area (Å²) in [5.41, 5.74) is 0. The van der Waals surface area contributed by atoms with E-state index in [1.807, 2.05) is 0 Å². The lowest BCUT2D eigenvalue weighted by Crippen LogP contribution is -2.50. The fraction of sp³-hybridized carbons (Fsp3) is 0.980. The molecule has 0 aliphatic rings. The van der Waals surface area contributed by atoms with Gasteiger partial charge in [-0.3, -0.25) is 4.79 Å². The molecule has 1 amide bonds. The van der Waals surface area contributed by atoms with Crippen molar-refractivity contribution in [2.24, 2.45) is 0 Å². The van der Waals surface area contributed by atoms with Gasteiger partial charge in [0.05, 0.1) is 18.8 Å². The van der Waals surface area contributed by atoms with Gasteiger partial charge in [-0.05, 0) is 12.8 Å². The molecule has 0 heterocycles. The van der Waals surface area contributed by atoms with Crippen LogP contribution in [-0.2, 0) is 4.79 Å². The van der Waals surface area contributed by atoms with E-state index in [1.165, 1.54) is 225 Å². The average Bonchev–Trinajstić information content (AvgIpc) is 3.19. The van der Waals surface area contributed by atoms with Gasteiger partial charge in [-0.25, -0.2) is 0 Å². The molecule has 0 saturated carbocycles. The van der Waals surface area contributed by atoms with Gasteiger partial charge in [0.25, 0.3) is 0 Å². The SMILES string of the molecule is CCCCCCCCCCCCCCCCCCCCCCCCCCCCCCCCCC(=O)N[C@@H](CO)[C@H](O)[C@H](O)CCCCCCCCCCCC. The monoisotopic (exact) mass is 780 g/mol. The Morgan fingerprint density at radius 3 is 0.873 bits per heavy atom. The Morgan fingerprint density at radius 1 is 0.382 bits per heavy atom. The summed E-state index contributed by atoms with van der Waals surface area (Å²) in [7, 11) is 0. The van der Waals surface area contributed by atoms with Crippen LogP contribution in [0.2, 0.25) is 0 Å². The van der Waals surface area contributed by atoms with Gasteiger partial charge in [0.15, 0.2) is 0 Å². The molecule has 0 bridgehead atoms. The second-order valence-electron chi connectivity index (χ2n) is 17.7. The first-order valence-electron chi connectivity index (χ1n) is 25.3. The number of carbonyl (C=O) groups is 1. The number of unbranched alkanes of at least 4 members (excludes halogenated alkanes) is 39. The van der Waals surface area contributed by atoms with Crippen LogP contribution in [-0.4, -0.2) is 46.1 Å². The zero-order valence-electron chi connectivity index (χ0n) is 37.6. The highest BCUT2D eigenvalue weighted by molar-refractivity contribution is 5.76. The van der Waals surface area contributed by atoms with Crippen molar-refractivity contribution in [1.29, 1.82) is 0 Å². The number of hydrogen-bond acceptors (Lipinski definition) is 4. The van der Waals surface area contributed by atoms with Crippen LogP contribution in [0.15, 0.2) is 0 Å². The van der Waals surface area contributed by atoms with Gasteiger partial charge in [0.1, 0.15) is 6.10 Å². The number of aliphatic hydroxyl groups is 3. The second kappa shape index (κ2) is 46.0. The number of carbonyl (C=O) groups excluding carboxylic acids is 1. The Kier molecular flexibility index (Phi) is 45.5. The van der Waals surface area contributed by atoms with Crippen LogP contribution >= 0.6 is 0 Å². The Hall–Kier alpha value is -0.650. The molecule has 0 aliphatic heterocycles. The molecule has 0 saturated heterocycles. The van der Waals surface area contributed by atoms with Gasteiger partial charge in [-0.1, -0.05) is 271 Å². The maximum atomic E-state index is 12.4. The molecule has 5 heteroatoms. The van der Waals surface area contributed by atoms with Crippen molar-refractivity contribution in [2.75, 3.05) is 6.61 Å². The molecular formula is C50H101NO4. The number of amides is 1. The van der Waals surface area contributed by atoms with Crippen LogP contribution in [0, 0.1) is 0 Å². The molecule has 0 aliphatic carbocycles. The van der Waals surface area contributed by atoms with Crippen molar-refractivity contribution in [3.05, 3.63) is 0 Å². The van der Waals surface area contributed by atoms with E-state index in [0.717, 1.165) is 38.5 Å². The van der Waals surface area contributed by atoms with Crippen LogP contribution in [0.5, 0.6) is 0 Å². The lowest BCUT2D eigenvalue weighted by atomic mass is 9.99. The first-order chi connectivity index (χ1) is 27.1. The second-order valence-corrected chi connectivity index (χ2v) is 17.7. The maximum Gasteiger partial charge on any atom is 0.220 e. The topological polar surface area (TPSA) is 89.8 Å². The summed E-state index contributed by atoms with van der Waals surface area (Å²) in [5.74, 6) is -0.139. The number of rotatable bonds is 47. The summed E-state index contributed by atoms with van der Waals surface area (Å²) < 4.78 is 0. The Balaban J connectivity index is 3.42. The lowest BCUT2D eigenvalue weighted by molar-refractivity contribution is -0.124. The molecule has 5 nitrogen and oxygen atoms in total.